The van der Waals surface area contributed by atoms with Gasteiger partial charge < -0.3 is 15.0 Å². The summed E-state index contributed by atoms with van der Waals surface area (Å²) in [6.07, 6.45) is 1.80. The lowest BCUT2D eigenvalue weighted by molar-refractivity contribution is -0.120. The van der Waals surface area contributed by atoms with Crippen molar-refractivity contribution in [3.05, 3.63) is 83.7 Å². The smallest absolute Gasteiger partial charge is 0.258 e. The minimum atomic E-state index is -3.84. The number of sulfonamides is 1. The SMILES string of the molecule is COc1ccc(C(=O)N2CCc3ccc(NC(=O)[C@H]4CCCN(S(=O)(=O)c5ccc(F)cc5)C4)cc32)cc1. The van der Waals surface area contributed by atoms with Crippen LogP contribution in [-0.2, 0) is 21.2 Å². The van der Waals surface area contributed by atoms with Gasteiger partial charge in [0.25, 0.3) is 5.91 Å². The molecule has 2 aliphatic heterocycles. The number of methoxy groups -OCH3 is 1. The van der Waals surface area contributed by atoms with Crippen molar-refractivity contribution in [2.75, 3.05) is 37.0 Å². The van der Waals surface area contributed by atoms with Gasteiger partial charge in [-0.2, -0.15) is 4.31 Å². The number of hydrogen-bond donors (Lipinski definition) is 1. The Kier molecular flexibility index (Phi) is 7.18. The van der Waals surface area contributed by atoms with Gasteiger partial charge in [0.15, 0.2) is 0 Å². The Morgan fingerprint density at radius 1 is 1.00 bits per heavy atom. The number of hydrogen-bond acceptors (Lipinski definition) is 5. The molecule has 3 aromatic carbocycles. The summed E-state index contributed by atoms with van der Waals surface area (Å²) in [6, 6.07) is 17.1. The first-order valence-electron chi connectivity index (χ1n) is 12.4. The molecule has 10 heteroatoms. The number of carbonyl (C=O) groups is 2. The maximum absolute atomic E-state index is 13.3. The normalized spacial score (nSPS) is 17.6. The highest BCUT2D eigenvalue weighted by molar-refractivity contribution is 7.89. The van der Waals surface area contributed by atoms with Gasteiger partial charge in [-0.3, -0.25) is 9.59 Å². The Balaban J connectivity index is 1.28. The number of nitrogens with one attached hydrogen (secondary N) is 1. The average Bonchev–Trinajstić information content (AvgIpc) is 3.36. The van der Waals surface area contributed by atoms with Crippen molar-refractivity contribution in [1.82, 2.24) is 4.31 Å². The molecule has 8 nitrogen and oxygen atoms in total. The summed E-state index contributed by atoms with van der Waals surface area (Å²) in [7, 11) is -2.27. The molecule has 1 N–H and O–H groups in total. The molecule has 0 aromatic heterocycles. The number of amides is 2. The minimum absolute atomic E-state index is 0.000184. The second kappa shape index (κ2) is 10.5. The molecule has 1 fully saturated rings. The molecule has 3 aromatic rings. The van der Waals surface area contributed by atoms with Crippen LogP contribution < -0.4 is 15.0 Å². The minimum Gasteiger partial charge on any atom is -0.497 e. The second-order valence-corrected chi connectivity index (χ2v) is 11.4. The van der Waals surface area contributed by atoms with Crippen molar-refractivity contribution in [3.63, 3.8) is 0 Å². The predicted octanol–water partition coefficient (Wildman–Crippen LogP) is 4.08. The number of anilines is 2. The summed E-state index contributed by atoms with van der Waals surface area (Å²) in [4.78, 5) is 28.0. The van der Waals surface area contributed by atoms with Gasteiger partial charge in [0.05, 0.1) is 17.9 Å². The summed E-state index contributed by atoms with van der Waals surface area (Å²) in [5.41, 5.74) is 2.84. The van der Waals surface area contributed by atoms with Gasteiger partial charge >= 0.3 is 0 Å². The van der Waals surface area contributed by atoms with Gasteiger partial charge in [0.2, 0.25) is 15.9 Å². The van der Waals surface area contributed by atoms with Crippen molar-refractivity contribution in [2.45, 2.75) is 24.2 Å². The Hall–Kier alpha value is -3.76. The lowest BCUT2D eigenvalue weighted by Crippen LogP contribution is -2.43. The molecule has 5 rings (SSSR count). The Bertz CT molecular complexity index is 1460. The van der Waals surface area contributed by atoms with Crippen molar-refractivity contribution in [2.24, 2.45) is 5.92 Å². The molecule has 38 heavy (non-hydrogen) atoms. The molecule has 2 heterocycles. The van der Waals surface area contributed by atoms with E-state index in [-0.39, 0.29) is 23.3 Å². The van der Waals surface area contributed by atoms with Crippen LogP contribution in [-0.4, -0.2) is 51.3 Å². The summed E-state index contributed by atoms with van der Waals surface area (Å²) in [6.45, 7) is 0.875. The van der Waals surface area contributed by atoms with Crippen LogP contribution in [0.25, 0.3) is 0 Å². The highest BCUT2D eigenvalue weighted by atomic mass is 32.2. The number of rotatable bonds is 6. The van der Waals surface area contributed by atoms with E-state index in [1.807, 2.05) is 6.07 Å². The molecular formula is C28H28FN3O5S. The van der Waals surface area contributed by atoms with Crippen LogP contribution in [0.3, 0.4) is 0 Å². The standard InChI is InChI=1S/C28H28FN3O5S/c1-37-24-10-5-20(6-11-24)28(34)32-16-14-19-4-9-23(17-26(19)32)30-27(33)21-3-2-15-31(18-21)38(35,36)25-12-7-22(29)8-13-25/h4-13,17,21H,2-3,14-16,18H2,1H3,(H,30,33)/t21-/m0/s1. The average molecular weight is 538 g/mol. The summed E-state index contributed by atoms with van der Waals surface area (Å²) in [5.74, 6) is -0.804. The lowest BCUT2D eigenvalue weighted by Gasteiger charge is -2.31. The zero-order chi connectivity index (χ0) is 26.9. The topological polar surface area (TPSA) is 96.0 Å². The fourth-order valence-electron chi connectivity index (χ4n) is 4.93. The van der Waals surface area contributed by atoms with E-state index in [0.29, 0.717) is 49.4 Å². The molecular weight excluding hydrogens is 509 g/mol. The first kappa shape index (κ1) is 25.9. The van der Waals surface area contributed by atoms with Crippen LogP contribution in [0.2, 0.25) is 0 Å². The fraction of sp³-hybridized carbons (Fsp3) is 0.286. The van der Waals surface area contributed by atoms with Crippen molar-refractivity contribution in [3.8, 4) is 5.75 Å². The number of ether oxygens (including phenoxy) is 1. The maximum atomic E-state index is 13.3. The van der Waals surface area contributed by atoms with Crippen LogP contribution in [0, 0.1) is 11.7 Å². The van der Waals surface area contributed by atoms with E-state index >= 15 is 0 Å². The number of benzene rings is 3. The third-order valence-electron chi connectivity index (χ3n) is 7.04. The van der Waals surface area contributed by atoms with Gasteiger partial charge in [0, 0.05) is 36.6 Å². The Morgan fingerprint density at radius 2 is 1.74 bits per heavy atom. The second-order valence-electron chi connectivity index (χ2n) is 9.42. The molecule has 198 valence electrons. The quantitative estimate of drug-likeness (QED) is 0.511. The third kappa shape index (κ3) is 5.14. The molecule has 2 amide bonds. The zero-order valence-electron chi connectivity index (χ0n) is 20.9. The van der Waals surface area contributed by atoms with Gasteiger partial charge in [-0.15, -0.1) is 0 Å². The van der Waals surface area contributed by atoms with E-state index in [0.717, 1.165) is 23.4 Å². The van der Waals surface area contributed by atoms with Crippen LogP contribution >= 0.6 is 0 Å². The van der Waals surface area contributed by atoms with Gasteiger partial charge in [0.1, 0.15) is 11.6 Å². The zero-order valence-corrected chi connectivity index (χ0v) is 21.7. The van der Waals surface area contributed by atoms with Gasteiger partial charge in [-0.25, -0.2) is 12.8 Å². The highest BCUT2D eigenvalue weighted by Crippen LogP contribution is 2.33. The molecule has 2 aliphatic rings. The van der Waals surface area contributed by atoms with E-state index < -0.39 is 21.8 Å². The summed E-state index contributed by atoms with van der Waals surface area (Å²) in [5, 5.41) is 2.91. The third-order valence-corrected chi connectivity index (χ3v) is 8.92. The van der Waals surface area contributed by atoms with Crippen LogP contribution in [0.1, 0.15) is 28.8 Å². The van der Waals surface area contributed by atoms with Crippen molar-refractivity contribution >= 4 is 33.2 Å². The monoisotopic (exact) mass is 537 g/mol. The molecule has 0 aliphatic carbocycles. The lowest BCUT2D eigenvalue weighted by atomic mass is 9.98. The van der Waals surface area contributed by atoms with Crippen LogP contribution in [0.15, 0.2) is 71.6 Å². The van der Waals surface area contributed by atoms with Gasteiger partial charge in [-0.05, 0) is 85.5 Å². The first-order chi connectivity index (χ1) is 18.3. The summed E-state index contributed by atoms with van der Waals surface area (Å²) < 4.78 is 45.8. The van der Waals surface area contributed by atoms with E-state index in [1.54, 1.807) is 48.4 Å². The van der Waals surface area contributed by atoms with Crippen LogP contribution in [0.4, 0.5) is 15.8 Å². The molecule has 0 unspecified atom stereocenters. The van der Waals surface area contributed by atoms with Crippen molar-refractivity contribution in [1.29, 1.82) is 0 Å². The number of fused-ring (bicyclic) bond motifs is 1. The molecule has 0 radical (unpaired) electrons. The van der Waals surface area contributed by atoms with E-state index in [4.69, 9.17) is 4.74 Å². The number of piperidine rings is 1. The molecule has 0 bridgehead atoms. The van der Waals surface area contributed by atoms with Crippen LogP contribution in [0.5, 0.6) is 5.75 Å². The number of halogens is 1. The first-order valence-corrected chi connectivity index (χ1v) is 13.9. The van der Waals surface area contributed by atoms with Gasteiger partial charge in [-0.1, -0.05) is 6.07 Å². The number of nitrogens with zero attached hydrogens (tertiary/aromatic N) is 2. The molecule has 0 spiro atoms. The largest absolute Gasteiger partial charge is 0.497 e. The Morgan fingerprint density at radius 3 is 2.45 bits per heavy atom. The van der Waals surface area contributed by atoms with Crippen molar-refractivity contribution < 1.29 is 27.1 Å². The van der Waals surface area contributed by atoms with E-state index in [1.165, 1.54) is 16.4 Å². The molecule has 1 atom stereocenters. The Labute approximate surface area is 221 Å². The highest BCUT2D eigenvalue weighted by Gasteiger charge is 2.34. The maximum Gasteiger partial charge on any atom is 0.258 e. The molecule has 1 saturated heterocycles. The fourth-order valence-corrected chi connectivity index (χ4v) is 6.46. The number of carbonyl (C=O) groups excluding carboxylic acids is 2. The molecule has 0 saturated carbocycles. The predicted molar refractivity (Wildman–Crippen MR) is 141 cm³/mol. The van der Waals surface area contributed by atoms with E-state index in [9.17, 15) is 22.4 Å². The summed E-state index contributed by atoms with van der Waals surface area (Å²) >= 11 is 0. The van der Waals surface area contributed by atoms with E-state index in [2.05, 4.69) is 5.32 Å².